The summed E-state index contributed by atoms with van der Waals surface area (Å²) in [7, 11) is 0. The molecule has 0 saturated heterocycles. The fraction of sp³-hybridized carbons (Fsp3) is 0.0526. The summed E-state index contributed by atoms with van der Waals surface area (Å²) in [5, 5.41) is 9.81. The molecule has 7 heteroatoms. The molecular formula is C19H13F3O4. The normalized spacial score (nSPS) is 11.0. The van der Waals surface area contributed by atoms with Gasteiger partial charge in [-0.25, -0.2) is 0 Å². The van der Waals surface area contributed by atoms with Gasteiger partial charge >= 0.3 is 6.36 Å². The lowest BCUT2D eigenvalue weighted by Crippen LogP contribution is -2.17. The summed E-state index contributed by atoms with van der Waals surface area (Å²) in [6.07, 6.45) is -4.79. The van der Waals surface area contributed by atoms with E-state index in [1.165, 1.54) is 24.3 Å². The molecule has 26 heavy (non-hydrogen) atoms. The smallest absolute Gasteiger partial charge is 0.504 e. The molecule has 0 aliphatic heterocycles. The number of hydrogen-bond donors (Lipinski definition) is 1. The van der Waals surface area contributed by atoms with E-state index >= 15 is 0 Å². The van der Waals surface area contributed by atoms with Gasteiger partial charge in [-0.2, -0.15) is 0 Å². The van der Waals surface area contributed by atoms with Gasteiger partial charge in [-0.15, -0.1) is 13.2 Å². The van der Waals surface area contributed by atoms with Crippen LogP contribution in [0.15, 0.2) is 72.8 Å². The molecule has 3 aromatic carbocycles. The van der Waals surface area contributed by atoms with Crippen LogP contribution in [-0.4, -0.2) is 11.5 Å². The molecule has 0 bridgehead atoms. The molecule has 1 N–H and O–H groups in total. The van der Waals surface area contributed by atoms with E-state index in [4.69, 9.17) is 9.47 Å². The molecule has 3 aromatic rings. The van der Waals surface area contributed by atoms with Gasteiger partial charge in [0.1, 0.15) is 11.5 Å². The van der Waals surface area contributed by atoms with Gasteiger partial charge < -0.3 is 19.3 Å². The number of para-hydroxylation sites is 4. The van der Waals surface area contributed by atoms with Crippen LogP contribution in [0, 0.1) is 0 Å². The summed E-state index contributed by atoms with van der Waals surface area (Å²) in [4.78, 5) is 0. The molecular weight excluding hydrogens is 349 g/mol. The molecule has 0 aliphatic carbocycles. The summed E-state index contributed by atoms with van der Waals surface area (Å²) >= 11 is 0. The van der Waals surface area contributed by atoms with Gasteiger partial charge in [-0.1, -0.05) is 30.3 Å². The first-order chi connectivity index (χ1) is 12.4. The second-order valence-electron chi connectivity index (χ2n) is 5.14. The Balaban J connectivity index is 1.83. The van der Waals surface area contributed by atoms with Gasteiger partial charge in [0.25, 0.3) is 0 Å². The number of benzene rings is 3. The summed E-state index contributed by atoms with van der Waals surface area (Å²) in [5.74, 6) is 0.464. The maximum atomic E-state index is 12.3. The minimum absolute atomic E-state index is 0.0529. The maximum Gasteiger partial charge on any atom is 0.573 e. The summed E-state index contributed by atoms with van der Waals surface area (Å²) < 4.78 is 52.1. The lowest BCUT2D eigenvalue weighted by Gasteiger charge is -2.14. The molecule has 0 heterocycles. The van der Waals surface area contributed by atoms with E-state index in [1.807, 2.05) is 0 Å². The van der Waals surface area contributed by atoms with Crippen molar-refractivity contribution in [2.75, 3.05) is 0 Å². The second-order valence-corrected chi connectivity index (χ2v) is 5.14. The van der Waals surface area contributed by atoms with Crippen molar-refractivity contribution >= 4 is 0 Å². The second kappa shape index (κ2) is 7.26. The summed E-state index contributed by atoms with van der Waals surface area (Å²) in [5.41, 5.74) is 0. The highest BCUT2D eigenvalue weighted by atomic mass is 19.4. The summed E-state index contributed by atoms with van der Waals surface area (Å²) in [6.45, 7) is 0. The van der Waals surface area contributed by atoms with E-state index < -0.39 is 12.1 Å². The Morgan fingerprint density at radius 2 is 1.23 bits per heavy atom. The Bertz CT molecular complexity index is 894. The number of ether oxygens (including phenoxy) is 3. The topological polar surface area (TPSA) is 47.9 Å². The van der Waals surface area contributed by atoms with Gasteiger partial charge in [0.05, 0.1) is 0 Å². The fourth-order valence-electron chi connectivity index (χ4n) is 2.14. The number of phenols is 1. The van der Waals surface area contributed by atoms with Crippen molar-refractivity contribution in [1.29, 1.82) is 0 Å². The molecule has 0 fully saturated rings. The molecule has 0 aliphatic rings. The molecule has 0 saturated carbocycles. The lowest BCUT2D eigenvalue weighted by atomic mass is 10.3. The molecule has 0 spiro atoms. The third kappa shape index (κ3) is 4.60. The van der Waals surface area contributed by atoms with Crippen molar-refractivity contribution in [3.05, 3.63) is 72.8 Å². The zero-order valence-corrected chi connectivity index (χ0v) is 13.2. The quantitative estimate of drug-likeness (QED) is 0.616. The SMILES string of the molecule is Oc1ccccc1Oc1ccccc1Oc1cccc(OC(F)(F)F)c1. The number of aromatic hydroxyl groups is 1. The Morgan fingerprint density at radius 3 is 1.88 bits per heavy atom. The fourth-order valence-corrected chi connectivity index (χ4v) is 2.14. The van der Waals surface area contributed by atoms with E-state index in [0.29, 0.717) is 0 Å². The lowest BCUT2D eigenvalue weighted by molar-refractivity contribution is -0.274. The van der Waals surface area contributed by atoms with Crippen molar-refractivity contribution < 1.29 is 32.5 Å². The van der Waals surface area contributed by atoms with E-state index in [1.54, 1.807) is 42.5 Å². The molecule has 0 unspecified atom stereocenters. The Morgan fingerprint density at radius 1 is 0.654 bits per heavy atom. The highest BCUT2D eigenvalue weighted by Crippen LogP contribution is 2.38. The van der Waals surface area contributed by atoms with E-state index in [9.17, 15) is 18.3 Å². The minimum atomic E-state index is -4.79. The highest BCUT2D eigenvalue weighted by molar-refractivity contribution is 5.48. The zero-order valence-electron chi connectivity index (χ0n) is 13.2. The number of halogens is 3. The van der Waals surface area contributed by atoms with Gasteiger partial charge in [-0.05, 0) is 36.4 Å². The molecule has 3 rings (SSSR count). The Hall–Kier alpha value is -3.35. The number of rotatable bonds is 5. The predicted molar refractivity (Wildman–Crippen MR) is 87.8 cm³/mol. The first kappa shape index (κ1) is 17.5. The number of hydrogen-bond acceptors (Lipinski definition) is 4. The largest absolute Gasteiger partial charge is 0.573 e. The van der Waals surface area contributed by atoms with Gasteiger partial charge in [0.2, 0.25) is 0 Å². The van der Waals surface area contributed by atoms with Crippen LogP contribution in [0.1, 0.15) is 0 Å². The van der Waals surface area contributed by atoms with E-state index in [2.05, 4.69) is 4.74 Å². The van der Waals surface area contributed by atoms with E-state index in [-0.39, 0.29) is 28.7 Å². The molecule has 0 aromatic heterocycles. The van der Waals surface area contributed by atoms with Crippen molar-refractivity contribution in [2.45, 2.75) is 6.36 Å². The van der Waals surface area contributed by atoms with Crippen molar-refractivity contribution in [3.63, 3.8) is 0 Å². The minimum Gasteiger partial charge on any atom is -0.504 e. The van der Waals surface area contributed by atoms with Crippen LogP contribution in [0.4, 0.5) is 13.2 Å². The third-order valence-electron chi connectivity index (χ3n) is 3.20. The molecule has 0 atom stereocenters. The van der Waals surface area contributed by atoms with E-state index in [0.717, 1.165) is 6.07 Å². The predicted octanol–water partition coefficient (Wildman–Crippen LogP) is 5.88. The van der Waals surface area contributed by atoms with Gasteiger partial charge in [0, 0.05) is 6.07 Å². The first-order valence-corrected chi connectivity index (χ1v) is 7.49. The van der Waals surface area contributed by atoms with Crippen LogP contribution in [0.3, 0.4) is 0 Å². The van der Waals surface area contributed by atoms with Gasteiger partial charge in [-0.3, -0.25) is 0 Å². The number of alkyl halides is 3. The third-order valence-corrected chi connectivity index (χ3v) is 3.20. The van der Waals surface area contributed by atoms with Crippen molar-refractivity contribution in [1.82, 2.24) is 0 Å². The number of phenolic OH excluding ortho intramolecular Hbond substituents is 1. The molecule has 4 nitrogen and oxygen atoms in total. The molecule has 0 radical (unpaired) electrons. The van der Waals surface area contributed by atoms with Crippen molar-refractivity contribution in [3.8, 4) is 34.5 Å². The van der Waals surface area contributed by atoms with Crippen LogP contribution in [0.25, 0.3) is 0 Å². The van der Waals surface area contributed by atoms with Crippen LogP contribution in [-0.2, 0) is 0 Å². The van der Waals surface area contributed by atoms with Crippen LogP contribution in [0.2, 0.25) is 0 Å². The Kier molecular flexibility index (Phi) is 4.88. The summed E-state index contributed by atoms with van der Waals surface area (Å²) in [6, 6.07) is 18.1. The first-order valence-electron chi connectivity index (χ1n) is 7.49. The Labute approximate surface area is 147 Å². The monoisotopic (exact) mass is 362 g/mol. The maximum absolute atomic E-state index is 12.3. The standard InChI is InChI=1S/C19H13F3O4/c20-19(21,22)26-14-7-5-6-13(12-14)24-17-10-3-4-11-18(17)25-16-9-2-1-8-15(16)23/h1-12,23H. The van der Waals surface area contributed by atoms with Crippen LogP contribution < -0.4 is 14.2 Å². The average molecular weight is 362 g/mol. The molecule has 134 valence electrons. The van der Waals surface area contributed by atoms with Crippen LogP contribution >= 0.6 is 0 Å². The zero-order chi connectivity index (χ0) is 18.6. The average Bonchev–Trinajstić information content (AvgIpc) is 2.57. The van der Waals surface area contributed by atoms with Crippen molar-refractivity contribution in [2.24, 2.45) is 0 Å². The highest BCUT2D eigenvalue weighted by Gasteiger charge is 2.31. The molecule has 0 amide bonds. The van der Waals surface area contributed by atoms with Gasteiger partial charge in [0.15, 0.2) is 23.0 Å². The van der Waals surface area contributed by atoms with Crippen LogP contribution in [0.5, 0.6) is 34.5 Å².